The molecule has 6 atom stereocenters. The van der Waals surface area contributed by atoms with Crippen molar-refractivity contribution in [3.05, 3.63) is 47.6 Å². The molecule has 2 heteroatoms. The lowest BCUT2D eigenvalue weighted by molar-refractivity contribution is 0.112. The SMILES string of the molecule is C=C1CC[C@H](O)C/C1=C/C=C1\CCC[C@]2(C)[C@@H]([C@H](C)/C=C/[C@H](C)C(C)C)CC[C@@H]12.Cl. The van der Waals surface area contributed by atoms with E-state index in [1.807, 2.05) is 0 Å². The second-order valence-corrected chi connectivity index (χ2v) is 10.9. The summed E-state index contributed by atoms with van der Waals surface area (Å²) in [6.07, 6.45) is 18.8. The van der Waals surface area contributed by atoms with Gasteiger partial charge in [0.25, 0.3) is 0 Å². The Kier molecular flexibility index (Phi) is 9.07. The van der Waals surface area contributed by atoms with E-state index in [-0.39, 0.29) is 18.5 Å². The van der Waals surface area contributed by atoms with Crippen molar-refractivity contribution in [2.24, 2.45) is 35.0 Å². The van der Waals surface area contributed by atoms with Crippen LogP contribution in [0.3, 0.4) is 0 Å². The first-order valence-corrected chi connectivity index (χ1v) is 12.2. The summed E-state index contributed by atoms with van der Waals surface area (Å²) in [5.41, 5.74) is 4.61. The van der Waals surface area contributed by atoms with Crippen molar-refractivity contribution in [2.75, 3.05) is 0 Å². The lowest BCUT2D eigenvalue weighted by atomic mass is 9.61. The van der Waals surface area contributed by atoms with E-state index in [1.54, 1.807) is 5.57 Å². The Morgan fingerprint density at radius 3 is 2.47 bits per heavy atom. The van der Waals surface area contributed by atoms with Crippen LogP contribution in [0, 0.1) is 35.0 Å². The van der Waals surface area contributed by atoms with Crippen molar-refractivity contribution in [1.82, 2.24) is 0 Å². The van der Waals surface area contributed by atoms with E-state index in [1.165, 1.54) is 43.3 Å². The number of hydrogen-bond acceptors (Lipinski definition) is 1. The molecule has 0 saturated heterocycles. The van der Waals surface area contributed by atoms with E-state index in [0.717, 1.165) is 37.0 Å². The summed E-state index contributed by atoms with van der Waals surface area (Å²) in [4.78, 5) is 0. The van der Waals surface area contributed by atoms with Crippen LogP contribution in [0.5, 0.6) is 0 Å². The Morgan fingerprint density at radius 2 is 1.77 bits per heavy atom. The molecule has 0 heterocycles. The van der Waals surface area contributed by atoms with Crippen LogP contribution < -0.4 is 0 Å². The molecule has 0 spiro atoms. The van der Waals surface area contributed by atoms with Crippen LogP contribution in [-0.2, 0) is 0 Å². The fraction of sp³-hybridized carbons (Fsp3) is 0.714. The fourth-order valence-corrected chi connectivity index (χ4v) is 6.25. The van der Waals surface area contributed by atoms with Crippen molar-refractivity contribution in [2.45, 2.75) is 92.1 Å². The molecule has 170 valence electrons. The molecule has 0 aromatic carbocycles. The van der Waals surface area contributed by atoms with Crippen molar-refractivity contribution in [1.29, 1.82) is 0 Å². The molecule has 3 aliphatic rings. The van der Waals surface area contributed by atoms with Gasteiger partial charge in [-0.3, -0.25) is 0 Å². The summed E-state index contributed by atoms with van der Waals surface area (Å²) in [5.74, 6) is 3.58. The van der Waals surface area contributed by atoms with Crippen LogP contribution in [-0.4, -0.2) is 11.2 Å². The summed E-state index contributed by atoms with van der Waals surface area (Å²) >= 11 is 0. The first kappa shape index (κ1) is 25.5. The number of allylic oxidation sites excluding steroid dienone is 6. The molecule has 0 aliphatic heterocycles. The molecule has 1 nitrogen and oxygen atoms in total. The van der Waals surface area contributed by atoms with Gasteiger partial charge in [0.1, 0.15) is 0 Å². The molecule has 0 bridgehead atoms. The van der Waals surface area contributed by atoms with Gasteiger partial charge in [-0.15, -0.1) is 12.4 Å². The number of halogens is 1. The van der Waals surface area contributed by atoms with Crippen LogP contribution >= 0.6 is 12.4 Å². The van der Waals surface area contributed by atoms with Crippen molar-refractivity contribution in [3.8, 4) is 0 Å². The lowest BCUT2D eigenvalue weighted by Gasteiger charge is -2.44. The highest BCUT2D eigenvalue weighted by Gasteiger charge is 2.50. The summed E-state index contributed by atoms with van der Waals surface area (Å²) in [7, 11) is 0. The van der Waals surface area contributed by atoms with Gasteiger partial charge in [0.05, 0.1) is 6.10 Å². The Labute approximate surface area is 192 Å². The van der Waals surface area contributed by atoms with Gasteiger partial charge in [-0.05, 0) is 91.9 Å². The largest absolute Gasteiger partial charge is 0.393 e. The third-order valence-corrected chi connectivity index (χ3v) is 8.63. The zero-order valence-corrected chi connectivity index (χ0v) is 20.8. The Bertz CT molecular complexity index is 685. The van der Waals surface area contributed by atoms with E-state index in [0.29, 0.717) is 17.3 Å². The molecule has 0 aromatic heterocycles. The molecular weight excluding hydrogens is 388 g/mol. The van der Waals surface area contributed by atoms with E-state index in [9.17, 15) is 5.11 Å². The molecule has 0 radical (unpaired) electrons. The molecule has 0 amide bonds. The van der Waals surface area contributed by atoms with E-state index >= 15 is 0 Å². The number of hydrogen-bond donors (Lipinski definition) is 1. The predicted octanol–water partition coefficient (Wildman–Crippen LogP) is 8.06. The quantitative estimate of drug-likeness (QED) is 0.435. The van der Waals surface area contributed by atoms with Gasteiger partial charge < -0.3 is 5.11 Å². The zero-order chi connectivity index (χ0) is 21.2. The minimum absolute atomic E-state index is 0. The summed E-state index contributed by atoms with van der Waals surface area (Å²) in [5, 5.41) is 10.0. The molecule has 1 N–H and O–H groups in total. The highest BCUT2D eigenvalue weighted by Crippen LogP contribution is 2.59. The number of aliphatic hydroxyl groups excluding tert-OH is 1. The zero-order valence-electron chi connectivity index (χ0n) is 20.0. The fourth-order valence-electron chi connectivity index (χ4n) is 6.25. The molecule has 3 saturated carbocycles. The highest BCUT2D eigenvalue weighted by atomic mass is 35.5. The minimum atomic E-state index is -0.182. The van der Waals surface area contributed by atoms with Crippen molar-refractivity contribution < 1.29 is 5.11 Å². The van der Waals surface area contributed by atoms with Crippen LogP contribution in [0.4, 0.5) is 0 Å². The Balaban J connectivity index is 0.00000320. The smallest absolute Gasteiger partial charge is 0.0583 e. The average molecular weight is 433 g/mol. The number of aliphatic hydroxyl groups is 1. The Morgan fingerprint density at radius 1 is 1.03 bits per heavy atom. The number of rotatable bonds is 5. The monoisotopic (exact) mass is 432 g/mol. The third-order valence-electron chi connectivity index (χ3n) is 8.63. The van der Waals surface area contributed by atoms with Gasteiger partial charge >= 0.3 is 0 Å². The van der Waals surface area contributed by atoms with Crippen molar-refractivity contribution in [3.63, 3.8) is 0 Å². The molecule has 30 heavy (non-hydrogen) atoms. The summed E-state index contributed by atoms with van der Waals surface area (Å²) in [6, 6.07) is 0. The van der Waals surface area contributed by atoms with Gasteiger partial charge in [-0.2, -0.15) is 0 Å². The van der Waals surface area contributed by atoms with E-state index < -0.39 is 0 Å². The molecular formula is C28H45ClO. The van der Waals surface area contributed by atoms with Crippen LogP contribution in [0.1, 0.15) is 86.0 Å². The average Bonchev–Trinajstić information content (AvgIpc) is 3.04. The first-order chi connectivity index (χ1) is 13.7. The maximum Gasteiger partial charge on any atom is 0.0583 e. The minimum Gasteiger partial charge on any atom is -0.393 e. The lowest BCUT2D eigenvalue weighted by Crippen LogP contribution is -2.35. The van der Waals surface area contributed by atoms with Gasteiger partial charge in [0.15, 0.2) is 0 Å². The summed E-state index contributed by atoms with van der Waals surface area (Å²) < 4.78 is 0. The van der Waals surface area contributed by atoms with Gasteiger partial charge in [-0.1, -0.05) is 76.6 Å². The van der Waals surface area contributed by atoms with Gasteiger partial charge in [-0.25, -0.2) is 0 Å². The third kappa shape index (κ3) is 5.52. The maximum atomic E-state index is 10.0. The normalized spacial score (nSPS) is 36.9. The topological polar surface area (TPSA) is 20.2 Å². The number of fused-ring (bicyclic) bond motifs is 1. The van der Waals surface area contributed by atoms with E-state index in [2.05, 4.69) is 65.5 Å². The van der Waals surface area contributed by atoms with E-state index in [4.69, 9.17) is 0 Å². The van der Waals surface area contributed by atoms with Crippen molar-refractivity contribution >= 4 is 12.4 Å². The highest BCUT2D eigenvalue weighted by molar-refractivity contribution is 5.85. The standard InChI is InChI=1S/C28H44O.ClH/c1-19(2)20(3)9-10-22(5)26-15-16-27-23(8-7-17-28(26,27)6)12-13-24-18-25(29)14-11-21(24)4;/h9-10,12-13,19-20,22,25-27,29H,4,7-8,11,14-18H2,1-3,5-6H3;1H/b10-9+,23-12+,24-13-;/t20-,22+,25-,26+,27-,28+;/m0./s1. The maximum absolute atomic E-state index is 10.0. The van der Waals surface area contributed by atoms with Crippen LogP contribution in [0.25, 0.3) is 0 Å². The second kappa shape index (κ2) is 10.7. The van der Waals surface area contributed by atoms with Gasteiger partial charge in [0.2, 0.25) is 0 Å². The molecule has 3 aliphatic carbocycles. The Hall–Kier alpha value is -0.790. The first-order valence-electron chi connectivity index (χ1n) is 12.2. The molecule has 3 fully saturated rings. The molecule has 0 aromatic rings. The van der Waals surface area contributed by atoms with Gasteiger partial charge in [0, 0.05) is 0 Å². The second-order valence-electron chi connectivity index (χ2n) is 10.9. The molecule has 3 rings (SSSR count). The van der Waals surface area contributed by atoms with Crippen LogP contribution in [0.15, 0.2) is 47.6 Å². The summed E-state index contributed by atoms with van der Waals surface area (Å²) in [6.45, 7) is 16.3. The predicted molar refractivity (Wildman–Crippen MR) is 133 cm³/mol. The molecule has 0 unspecified atom stereocenters. The van der Waals surface area contributed by atoms with Crippen LogP contribution in [0.2, 0.25) is 0 Å².